The molecule has 1 aromatic carbocycles. The van der Waals surface area contributed by atoms with Crippen molar-refractivity contribution in [3.05, 3.63) is 35.9 Å². The number of nitrogens with two attached hydrogens (primary N) is 1. The molecule has 2 rings (SSSR count). The predicted molar refractivity (Wildman–Crippen MR) is 89.7 cm³/mol. The Morgan fingerprint density at radius 1 is 1.30 bits per heavy atom. The van der Waals surface area contributed by atoms with Crippen LogP contribution in [0.1, 0.15) is 25.8 Å². The number of rotatable bonds is 5. The summed E-state index contributed by atoms with van der Waals surface area (Å²) in [5, 5.41) is 0. The van der Waals surface area contributed by atoms with Gasteiger partial charge in [0.2, 0.25) is 11.8 Å². The second kappa shape index (κ2) is 7.31. The third-order valence-corrected chi connectivity index (χ3v) is 4.43. The van der Waals surface area contributed by atoms with E-state index in [0.29, 0.717) is 13.1 Å². The van der Waals surface area contributed by atoms with E-state index in [1.165, 1.54) is 0 Å². The predicted octanol–water partition coefficient (Wildman–Crippen LogP) is 2.07. The van der Waals surface area contributed by atoms with Gasteiger partial charge in [-0.2, -0.15) is 0 Å². The second-order valence-corrected chi connectivity index (χ2v) is 5.98. The van der Waals surface area contributed by atoms with Crippen molar-refractivity contribution in [1.82, 2.24) is 4.90 Å². The molecule has 0 radical (unpaired) electrons. The molecule has 2 amide bonds. The second-order valence-electron chi connectivity index (χ2n) is 5.98. The van der Waals surface area contributed by atoms with E-state index in [1.807, 2.05) is 38.1 Å². The molecule has 5 nitrogen and oxygen atoms in total. The number of ether oxygens (including phenoxy) is 1. The molecule has 124 valence electrons. The van der Waals surface area contributed by atoms with Gasteiger partial charge in [-0.25, -0.2) is 0 Å². The quantitative estimate of drug-likeness (QED) is 0.845. The minimum atomic E-state index is -0.331. The summed E-state index contributed by atoms with van der Waals surface area (Å²) in [5.41, 5.74) is 7.36. The summed E-state index contributed by atoms with van der Waals surface area (Å²) in [5.74, 6) is 0.249. The number of likely N-dealkylation sites (tertiary alicyclic amines) is 1. The molecule has 2 atom stereocenters. The van der Waals surface area contributed by atoms with Crippen molar-refractivity contribution in [3.8, 4) is 5.75 Å². The molecular formula is C18H24N2O3. The number of methoxy groups -OCH3 is 1. The summed E-state index contributed by atoms with van der Waals surface area (Å²) in [4.78, 5) is 25.6. The Labute approximate surface area is 137 Å². The number of primary amides is 1. The average molecular weight is 316 g/mol. The first-order chi connectivity index (χ1) is 11.0. The van der Waals surface area contributed by atoms with Crippen molar-refractivity contribution in [3.63, 3.8) is 0 Å². The number of carbonyl (C=O) groups is 2. The minimum Gasteiger partial charge on any atom is -0.497 e. The Hall–Kier alpha value is -2.30. The summed E-state index contributed by atoms with van der Waals surface area (Å²) in [6.07, 6.45) is 2.42. The molecule has 0 aliphatic carbocycles. The summed E-state index contributed by atoms with van der Waals surface area (Å²) in [6, 6.07) is 7.65. The number of hydrogen-bond acceptors (Lipinski definition) is 3. The van der Waals surface area contributed by atoms with E-state index in [9.17, 15) is 9.59 Å². The van der Waals surface area contributed by atoms with Crippen LogP contribution in [0.5, 0.6) is 5.75 Å². The van der Waals surface area contributed by atoms with Crippen LogP contribution in [0, 0.1) is 11.8 Å². The van der Waals surface area contributed by atoms with E-state index in [-0.39, 0.29) is 23.7 Å². The zero-order chi connectivity index (χ0) is 17.0. The van der Waals surface area contributed by atoms with Crippen LogP contribution < -0.4 is 10.5 Å². The molecule has 0 bridgehead atoms. The van der Waals surface area contributed by atoms with Gasteiger partial charge in [-0.1, -0.05) is 26.0 Å². The highest BCUT2D eigenvalue weighted by Gasteiger charge is 2.35. The van der Waals surface area contributed by atoms with Gasteiger partial charge in [0.15, 0.2) is 0 Å². The highest BCUT2D eigenvalue weighted by Crippen LogP contribution is 2.25. The molecule has 1 heterocycles. The average Bonchev–Trinajstić information content (AvgIpc) is 2.95. The van der Waals surface area contributed by atoms with Crippen LogP contribution in [0.3, 0.4) is 0 Å². The van der Waals surface area contributed by atoms with Crippen molar-refractivity contribution < 1.29 is 14.3 Å². The number of nitrogens with zero attached hydrogens (tertiary/aromatic N) is 1. The zero-order valence-electron chi connectivity index (χ0n) is 13.9. The van der Waals surface area contributed by atoms with Crippen molar-refractivity contribution in [2.75, 3.05) is 20.2 Å². The van der Waals surface area contributed by atoms with E-state index < -0.39 is 0 Å². The summed E-state index contributed by atoms with van der Waals surface area (Å²) in [6.45, 7) is 4.95. The van der Waals surface area contributed by atoms with Crippen molar-refractivity contribution in [1.29, 1.82) is 0 Å². The van der Waals surface area contributed by atoms with E-state index in [4.69, 9.17) is 10.5 Å². The van der Waals surface area contributed by atoms with Gasteiger partial charge >= 0.3 is 0 Å². The first-order valence-electron chi connectivity index (χ1n) is 7.89. The van der Waals surface area contributed by atoms with Crippen LogP contribution >= 0.6 is 0 Å². The first-order valence-corrected chi connectivity index (χ1v) is 7.89. The number of benzene rings is 1. The first kappa shape index (κ1) is 17.1. The fourth-order valence-corrected chi connectivity index (χ4v) is 2.95. The van der Waals surface area contributed by atoms with Crippen LogP contribution in [0.15, 0.2) is 30.3 Å². The standard InChI is InChI=1S/C18H24N2O3/c1-4-13(14-5-7-15(23-3)8-6-14)9-17(21)20-10-12(2)16(11-20)18(19)22/h5-9,12,16H,4,10-11H2,1-3H3,(H2,19,22)/b13-9+/t12-,16-/m1/s1. The van der Waals surface area contributed by atoms with Crippen molar-refractivity contribution in [2.45, 2.75) is 20.3 Å². The fraction of sp³-hybridized carbons (Fsp3) is 0.444. The molecule has 0 unspecified atom stereocenters. The smallest absolute Gasteiger partial charge is 0.246 e. The lowest BCUT2D eigenvalue weighted by Crippen LogP contribution is -2.31. The largest absolute Gasteiger partial charge is 0.497 e. The van der Waals surface area contributed by atoms with E-state index in [0.717, 1.165) is 23.3 Å². The molecule has 0 spiro atoms. The van der Waals surface area contributed by atoms with Gasteiger partial charge in [0.1, 0.15) is 5.75 Å². The maximum Gasteiger partial charge on any atom is 0.246 e. The molecule has 2 N–H and O–H groups in total. The maximum atomic E-state index is 12.5. The highest BCUT2D eigenvalue weighted by molar-refractivity contribution is 5.96. The van der Waals surface area contributed by atoms with E-state index in [2.05, 4.69) is 0 Å². The molecular weight excluding hydrogens is 292 g/mol. The molecule has 1 fully saturated rings. The normalized spacial score (nSPS) is 21.3. The molecule has 0 saturated carbocycles. The Morgan fingerprint density at radius 3 is 2.43 bits per heavy atom. The molecule has 1 aliphatic heterocycles. The van der Waals surface area contributed by atoms with Gasteiger partial charge in [0.25, 0.3) is 0 Å². The van der Waals surface area contributed by atoms with Crippen molar-refractivity contribution in [2.24, 2.45) is 17.6 Å². The number of allylic oxidation sites excluding steroid dienone is 1. The van der Waals surface area contributed by atoms with Gasteiger partial charge < -0.3 is 15.4 Å². The summed E-state index contributed by atoms with van der Waals surface area (Å²) >= 11 is 0. The Kier molecular flexibility index (Phi) is 5.42. The molecule has 23 heavy (non-hydrogen) atoms. The maximum absolute atomic E-state index is 12.5. The number of amides is 2. The number of hydrogen-bond donors (Lipinski definition) is 1. The lowest BCUT2D eigenvalue weighted by Gasteiger charge is -2.15. The Bertz CT molecular complexity index is 607. The third-order valence-electron chi connectivity index (χ3n) is 4.43. The molecule has 1 aliphatic rings. The third kappa shape index (κ3) is 3.92. The van der Waals surface area contributed by atoms with Gasteiger partial charge in [-0.3, -0.25) is 9.59 Å². The molecule has 0 aromatic heterocycles. The fourth-order valence-electron chi connectivity index (χ4n) is 2.95. The van der Waals surface area contributed by atoms with Gasteiger partial charge in [-0.05, 0) is 35.6 Å². The number of carbonyl (C=O) groups excluding carboxylic acids is 2. The van der Waals surface area contributed by atoms with Crippen molar-refractivity contribution >= 4 is 17.4 Å². The Balaban J connectivity index is 2.14. The topological polar surface area (TPSA) is 72.6 Å². The summed E-state index contributed by atoms with van der Waals surface area (Å²) in [7, 11) is 1.62. The SMILES string of the molecule is CC/C(=C\C(=O)N1C[C@@H](C)[C@H](C(N)=O)C1)c1ccc(OC)cc1. The van der Waals surface area contributed by atoms with E-state index >= 15 is 0 Å². The molecule has 1 aromatic rings. The van der Waals surface area contributed by atoms with Crippen LogP contribution in [0.2, 0.25) is 0 Å². The van der Waals surface area contributed by atoms with Crippen LogP contribution in [-0.2, 0) is 9.59 Å². The van der Waals surface area contributed by atoms with Crippen LogP contribution in [0.25, 0.3) is 5.57 Å². The van der Waals surface area contributed by atoms with Gasteiger partial charge in [-0.15, -0.1) is 0 Å². The van der Waals surface area contributed by atoms with Gasteiger partial charge in [0.05, 0.1) is 13.0 Å². The highest BCUT2D eigenvalue weighted by atomic mass is 16.5. The lowest BCUT2D eigenvalue weighted by molar-refractivity contribution is -0.125. The monoisotopic (exact) mass is 316 g/mol. The van der Waals surface area contributed by atoms with Crippen LogP contribution in [-0.4, -0.2) is 36.9 Å². The molecule has 5 heteroatoms. The van der Waals surface area contributed by atoms with E-state index in [1.54, 1.807) is 18.1 Å². The minimum absolute atomic E-state index is 0.0618. The van der Waals surface area contributed by atoms with Gasteiger partial charge in [0, 0.05) is 19.2 Å². The Morgan fingerprint density at radius 2 is 1.96 bits per heavy atom. The molecule has 1 saturated heterocycles. The zero-order valence-corrected chi connectivity index (χ0v) is 13.9. The summed E-state index contributed by atoms with van der Waals surface area (Å²) < 4.78 is 5.15. The lowest BCUT2D eigenvalue weighted by atomic mass is 9.98. The van der Waals surface area contributed by atoms with Crippen LogP contribution in [0.4, 0.5) is 0 Å².